The zero-order chi connectivity index (χ0) is 27.1. The lowest BCUT2D eigenvalue weighted by Gasteiger charge is -2.35. The summed E-state index contributed by atoms with van der Waals surface area (Å²) in [5, 5.41) is 9.84. The Morgan fingerprint density at radius 3 is 1.97 bits per heavy atom. The molecule has 0 aliphatic heterocycles. The van der Waals surface area contributed by atoms with Crippen molar-refractivity contribution in [1.29, 1.82) is 5.26 Å². The Hall–Kier alpha value is -2.60. The van der Waals surface area contributed by atoms with E-state index in [2.05, 4.69) is 44.2 Å². The molecule has 0 saturated heterocycles. The second-order valence-electron chi connectivity index (χ2n) is 11.4. The van der Waals surface area contributed by atoms with Gasteiger partial charge in [0.2, 0.25) is 0 Å². The molecule has 3 heteroatoms. The minimum Gasteiger partial charge on any atom is -0.424 e. The summed E-state index contributed by atoms with van der Waals surface area (Å²) in [5.41, 5.74) is 3.39. The standard InChI is InChI=1S/C35H49NO2/c1-3-5-7-8-9-10-11-14-18-30-21-24-33(31(27-30)28-36)38-34(37)35(25-15-12-16-26-35)32-22-19-29(20-23-32)17-13-6-4-2/h19-24,27H,3-18,25-26H2,1-2H3. The molecule has 0 spiro atoms. The SMILES string of the molecule is CCCCCCCCCCc1ccc(OC(=O)C2(c3ccc(CCCCC)cc3)CCCCC2)c(C#N)c1. The minimum atomic E-state index is -0.622. The summed E-state index contributed by atoms with van der Waals surface area (Å²) in [5.74, 6) is 0.196. The van der Waals surface area contributed by atoms with Gasteiger partial charge in [-0.1, -0.05) is 121 Å². The molecule has 1 saturated carbocycles. The van der Waals surface area contributed by atoms with Gasteiger partial charge in [0.1, 0.15) is 11.8 Å². The maximum atomic E-state index is 13.7. The molecule has 206 valence electrons. The number of hydrogen-bond donors (Lipinski definition) is 0. The second-order valence-corrected chi connectivity index (χ2v) is 11.4. The van der Waals surface area contributed by atoms with E-state index in [0.29, 0.717) is 11.3 Å². The molecule has 3 nitrogen and oxygen atoms in total. The molecule has 3 rings (SSSR count). The maximum absolute atomic E-state index is 13.7. The molecule has 0 unspecified atom stereocenters. The number of aryl methyl sites for hydroxylation is 2. The van der Waals surface area contributed by atoms with Crippen LogP contribution in [0.1, 0.15) is 139 Å². The number of esters is 1. The average Bonchev–Trinajstić information content (AvgIpc) is 2.96. The van der Waals surface area contributed by atoms with Crippen molar-refractivity contribution in [3.8, 4) is 11.8 Å². The molecule has 1 aliphatic carbocycles. The van der Waals surface area contributed by atoms with E-state index in [4.69, 9.17) is 4.74 Å². The Labute approximate surface area is 232 Å². The van der Waals surface area contributed by atoms with E-state index in [1.165, 1.54) is 69.8 Å². The molecule has 2 aromatic carbocycles. The predicted octanol–water partition coefficient (Wildman–Crippen LogP) is 9.78. The van der Waals surface area contributed by atoms with Gasteiger partial charge in [-0.2, -0.15) is 5.26 Å². The molecule has 0 bridgehead atoms. The maximum Gasteiger partial charge on any atom is 0.321 e. The largest absolute Gasteiger partial charge is 0.424 e. The van der Waals surface area contributed by atoms with Gasteiger partial charge in [-0.15, -0.1) is 0 Å². The van der Waals surface area contributed by atoms with E-state index in [9.17, 15) is 10.1 Å². The second kappa shape index (κ2) is 16.4. The molecule has 0 amide bonds. The molecule has 0 radical (unpaired) electrons. The summed E-state index contributed by atoms with van der Waals surface area (Å²) >= 11 is 0. The minimum absolute atomic E-state index is 0.205. The van der Waals surface area contributed by atoms with E-state index >= 15 is 0 Å². The summed E-state index contributed by atoms with van der Waals surface area (Å²) < 4.78 is 6.03. The zero-order valence-corrected chi connectivity index (χ0v) is 24.0. The van der Waals surface area contributed by atoms with E-state index in [0.717, 1.165) is 62.5 Å². The Morgan fingerprint density at radius 1 is 0.763 bits per heavy atom. The first-order valence-electron chi connectivity index (χ1n) is 15.5. The van der Waals surface area contributed by atoms with Gasteiger partial charge < -0.3 is 4.74 Å². The predicted molar refractivity (Wildman–Crippen MR) is 158 cm³/mol. The number of unbranched alkanes of at least 4 members (excludes halogenated alkanes) is 9. The highest BCUT2D eigenvalue weighted by atomic mass is 16.5. The number of rotatable bonds is 16. The van der Waals surface area contributed by atoms with Crippen LogP contribution in [-0.4, -0.2) is 5.97 Å². The third-order valence-electron chi connectivity index (χ3n) is 8.36. The summed E-state index contributed by atoms with van der Waals surface area (Å²) in [6.07, 6.45) is 20.8. The van der Waals surface area contributed by atoms with Gasteiger partial charge in [-0.05, 0) is 67.3 Å². The van der Waals surface area contributed by atoms with Gasteiger partial charge >= 0.3 is 5.97 Å². The van der Waals surface area contributed by atoms with Crippen molar-refractivity contribution >= 4 is 5.97 Å². The summed E-state index contributed by atoms with van der Waals surface area (Å²) in [4.78, 5) is 13.7. The molecule has 2 aromatic rings. The van der Waals surface area contributed by atoms with Crippen LogP contribution < -0.4 is 4.74 Å². The van der Waals surface area contributed by atoms with Crippen molar-refractivity contribution in [3.05, 3.63) is 64.7 Å². The van der Waals surface area contributed by atoms with Crippen LogP contribution in [0.4, 0.5) is 0 Å². The summed E-state index contributed by atoms with van der Waals surface area (Å²) in [6.45, 7) is 4.48. The molecule has 0 N–H and O–H groups in total. The van der Waals surface area contributed by atoms with E-state index in [1.54, 1.807) is 0 Å². The summed E-state index contributed by atoms with van der Waals surface area (Å²) in [7, 11) is 0. The zero-order valence-electron chi connectivity index (χ0n) is 24.0. The summed E-state index contributed by atoms with van der Waals surface area (Å²) in [6, 6.07) is 16.7. The van der Waals surface area contributed by atoms with Crippen molar-refractivity contribution in [3.63, 3.8) is 0 Å². The highest BCUT2D eigenvalue weighted by molar-refractivity contribution is 5.85. The number of ether oxygens (including phenoxy) is 1. The van der Waals surface area contributed by atoms with Crippen molar-refractivity contribution in [1.82, 2.24) is 0 Å². The topological polar surface area (TPSA) is 50.1 Å². The first kappa shape index (κ1) is 29.9. The quantitative estimate of drug-likeness (QED) is 0.127. The van der Waals surface area contributed by atoms with Gasteiger partial charge in [-0.3, -0.25) is 4.79 Å². The molecular weight excluding hydrogens is 466 g/mol. The molecule has 0 heterocycles. The number of hydrogen-bond acceptors (Lipinski definition) is 3. The Kier molecular flexibility index (Phi) is 12.9. The van der Waals surface area contributed by atoms with Gasteiger partial charge in [0.15, 0.2) is 0 Å². The number of carbonyl (C=O) groups is 1. The molecule has 1 aliphatic rings. The highest BCUT2D eigenvalue weighted by Gasteiger charge is 2.43. The molecule has 0 atom stereocenters. The van der Waals surface area contributed by atoms with Crippen molar-refractivity contribution in [2.75, 3.05) is 0 Å². The van der Waals surface area contributed by atoms with Crippen LogP contribution in [0.2, 0.25) is 0 Å². The third-order valence-corrected chi connectivity index (χ3v) is 8.36. The number of nitriles is 1. The van der Waals surface area contributed by atoms with Crippen LogP contribution in [0.25, 0.3) is 0 Å². The molecular formula is C35H49NO2. The van der Waals surface area contributed by atoms with Crippen LogP contribution in [0.15, 0.2) is 42.5 Å². The first-order valence-corrected chi connectivity index (χ1v) is 15.5. The Morgan fingerprint density at radius 2 is 1.32 bits per heavy atom. The monoisotopic (exact) mass is 515 g/mol. The smallest absolute Gasteiger partial charge is 0.321 e. The van der Waals surface area contributed by atoms with Crippen LogP contribution in [0, 0.1) is 11.3 Å². The Balaban J connectivity index is 1.63. The fourth-order valence-electron chi connectivity index (χ4n) is 5.91. The lowest BCUT2D eigenvalue weighted by Crippen LogP contribution is -2.41. The molecule has 1 fully saturated rings. The van der Waals surface area contributed by atoms with E-state index in [-0.39, 0.29) is 5.97 Å². The van der Waals surface area contributed by atoms with Gasteiger partial charge in [0.25, 0.3) is 0 Å². The van der Waals surface area contributed by atoms with Crippen LogP contribution in [0.3, 0.4) is 0 Å². The molecule has 38 heavy (non-hydrogen) atoms. The van der Waals surface area contributed by atoms with Crippen LogP contribution in [0.5, 0.6) is 5.75 Å². The normalized spacial score (nSPS) is 14.7. The number of nitrogens with zero attached hydrogens (tertiary/aromatic N) is 1. The van der Waals surface area contributed by atoms with E-state index in [1.807, 2.05) is 18.2 Å². The van der Waals surface area contributed by atoms with Gasteiger partial charge in [0.05, 0.1) is 11.0 Å². The fourth-order valence-corrected chi connectivity index (χ4v) is 5.91. The number of benzene rings is 2. The number of carbonyl (C=O) groups excluding carboxylic acids is 1. The van der Waals surface area contributed by atoms with Crippen LogP contribution in [-0.2, 0) is 23.1 Å². The van der Waals surface area contributed by atoms with Gasteiger partial charge in [-0.25, -0.2) is 0 Å². The lowest BCUT2D eigenvalue weighted by molar-refractivity contribution is -0.142. The average molecular weight is 516 g/mol. The van der Waals surface area contributed by atoms with Crippen LogP contribution >= 0.6 is 0 Å². The third kappa shape index (κ3) is 8.72. The molecule has 0 aromatic heterocycles. The highest BCUT2D eigenvalue weighted by Crippen LogP contribution is 2.41. The fraction of sp³-hybridized carbons (Fsp3) is 0.600. The van der Waals surface area contributed by atoms with Crippen molar-refractivity contribution < 1.29 is 9.53 Å². The Bertz CT molecular complexity index is 1010. The van der Waals surface area contributed by atoms with Crippen molar-refractivity contribution in [2.24, 2.45) is 0 Å². The lowest BCUT2D eigenvalue weighted by atomic mass is 9.69. The first-order chi connectivity index (χ1) is 18.6. The van der Waals surface area contributed by atoms with Gasteiger partial charge in [0, 0.05) is 0 Å². The van der Waals surface area contributed by atoms with Crippen molar-refractivity contribution in [2.45, 2.75) is 135 Å². The van der Waals surface area contributed by atoms with E-state index < -0.39 is 5.41 Å².